The van der Waals surface area contributed by atoms with Gasteiger partial charge < -0.3 is 14.4 Å². The number of hydrogen-bond donors (Lipinski definition) is 0. The van der Waals surface area contributed by atoms with Crippen LogP contribution in [-0.4, -0.2) is 43.2 Å². The van der Waals surface area contributed by atoms with E-state index in [2.05, 4.69) is 0 Å². The lowest BCUT2D eigenvalue weighted by molar-refractivity contribution is -0.142. The van der Waals surface area contributed by atoms with Crippen LogP contribution in [0.3, 0.4) is 0 Å². The molecule has 5 nitrogen and oxygen atoms in total. The number of rotatable bonds is 3. The third-order valence-corrected chi connectivity index (χ3v) is 3.04. The fourth-order valence-corrected chi connectivity index (χ4v) is 1.95. The molecule has 20 heavy (non-hydrogen) atoms. The van der Waals surface area contributed by atoms with Crippen LogP contribution in [-0.2, 0) is 9.53 Å². The molecule has 1 aromatic carbocycles. The number of carbonyl (C=O) groups excluding carboxylic acids is 1. The van der Waals surface area contributed by atoms with Gasteiger partial charge in [0.15, 0.2) is 17.7 Å². The van der Waals surface area contributed by atoms with Crippen LogP contribution in [0.5, 0.6) is 5.75 Å². The maximum Gasteiger partial charge on any atom is 0.263 e. The van der Waals surface area contributed by atoms with E-state index in [9.17, 15) is 9.18 Å². The zero-order valence-electron chi connectivity index (χ0n) is 11.1. The molecule has 2 rings (SSSR count). The van der Waals surface area contributed by atoms with Gasteiger partial charge in [0.05, 0.1) is 24.8 Å². The van der Waals surface area contributed by atoms with Crippen molar-refractivity contribution in [2.45, 2.75) is 13.0 Å². The first-order valence-corrected chi connectivity index (χ1v) is 6.34. The number of carbonyl (C=O) groups is 1. The monoisotopic (exact) mass is 278 g/mol. The van der Waals surface area contributed by atoms with Gasteiger partial charge in [-0.15, -0.1) is 0 Å². The molecule has 0 saturated carbocycles. The average Bonchev–Trinajstić information content (AvgIpc) is 2.49. The van der Waals surface area contributed by atoms with Crippen LogP contribution in [0.4, 0.5) is 4.39 Å². The zero-order chi connectivity index (χ0) is 14.5. The molecule has 0 spiro atoms. The van der Waals surface area contributed by atoms with Gasteiger partial charge >= 0.3 is 0 Å². The van der Waals surface area contributed by atoms with Crippen LogP contribution in [0.2, 0.25) is 0 Å². The molecule has 6 heteroatoms. The molecule has 1 aliphatic rings. The highest BCUT2D eigenvalue weighted by Crippen LogP contribution is 2.20. The molecule has 1 amide bonds. The molecular weight excluding hydrogens is 263 g/mol. The van der Waals surface area contributed by atoms with Gasteiger partial charge in [-0.05, 0) is 25.1 Å². The second kappa shape index (κ2) is 6.35. The molecule has 0 N–H and O–H groups in total. The maximum absolute atomic E-state index is 13.7. The third kappa shape index (κ3) is 3.25. The Bertz CT molecular complexity index is 536. The van der Waals surface area contributed by atoms with Gasteiger partial charge in [-0.25, -0.2) is 4.39 Å². The lowest BCUT2D eigenvalue weighted by Crippen LogP contribution is -2.46. The van der Waals surface area contributed by atoms with E-state index in [0.29, 0.717) is 26.3 Å². The number of benzene rings is 1. The van der Waals surface area contributed by atoms with Gasteiger partial charge in [0.2, 0.25) is 0 Å². The Morgan fingerprint density at radius 3 is 2.80 bits per heavy atom. The predicted octanol–water partition coefficient (Wildman–Crippen LogP) is 1.32. The average molecular weight is 278 g/mol. The summed E-state index contributed by atoms with van der Waals surface area (Å²) in [7, 11) is 0. The lowest BCUT2D eigenvalue weighted by atomic mass is 10.2. The van der Waals surface area contributed by atoms with Crippen molar-refractivity contribution in [3.8, 4) is 11.8 Å². The lowest BCUT2D eigenvalue weighted by Gasteiger charge is -2.29. The molecule has 0 bridgehead atoms. The zero-order valence-corrected chi connectivity index (χ0v) is 11.1. The Kier molecular flexibility index (Phi) is 4.53. The molecule has 1 atom stereocenters. The minimum absolute atomic E-state index is 0.0295. The molecule has 0 radical (unpaired) electrons. The Morgan fingerprint density at radius 1 is 1.50 bits per heavy atom. The van der Waals surface area contributed by atoms with E-state index in [4.69, 9.17) is 14.7 Å². The highest BCUT2D eigenvalue weighted by Gasteiger charge is 2.24. The topological polar surface area (TPSA) is 62.6 Å². The molecule has 0 aliphatic carbocycles. The Hall–Kier alpha value is -2.13. The number of hydrogen-bond acceptors (Lipinski definition) is 4. The Balaban J connectivity index is 2.02. The van der Waals surface area contributed by atoms with Crippen molar-refractivity contribution in [2.75, 3.05) is 26.3 Å². The van der Waals surface area contributed by atoms with Crippen LogP contribution in [0.25, 0.3) is 0 Å². The van der Waals surface area contributed by atoms with Crippen molar-refractivity contribution in [2.24, 2.45) is 0 Å². The standard InChI is InChI=1S/C14H15FN2O3/c1-10(14(18)17-4-6-19-7-5-17)20-13-3-2-11(9-16)8-12(13)15/h2-3,8,10H,4-7H2,1H3. The summed E-state index contributed by atoms with van der Waals surface area (Å²) in [6, 6.07) is 5.73. The van der Waals surface area contributed by atoms with Gasteiger partial charge in [0.25, 0.3) is 5.91 Å². The number of ether oxygens (including phenoxy) is 2. The highest BCUT2D eigenvalue weighted by atomic mass is 19.1. The number of halogens is 1. The van der Waals surface area contributed by atoms with E-state index in [0.717, 1.165) is 6.07 Å². The summed E-state index contributed by atoms with van der Waals surface area (Å²) in [5.74, 6) is -0.874. The smallest absolute Gasteiger partial charge is 0.263 e. The van der Waals surface area contributed by atoms with E-state index in [1.165, 1.54) is 12.1 Å². The summed E-state index contributed by atoms with van der Waals surface area (Å²) in [5.41, 5.74) is 0.210. The number of nitriles is 1. The Labute approximate surface area is 116 Å². The van der Waals surface area contributed by atoms with Crippen molar-refractivity contribution in [3.05, 3.63) is 29.6 Å². The molecule has 1 aromatic rings. The van der Waals surface area contributed by atoms with Crippen LogP contribution >= 0.6 is 0 Å². The van der Waals surface area contributed by atoms with Gasteiger partial charge in [0.1, 0.15) is 0 Å². The fraction of sp³-hybridized carbons (Fsp3) is 0.429. The predicted molar refractivity (Wildman–Crippen MR) is 68.6 cm³/mol. The number of nitrogens with zero attached hydrogens (tertiary/aromatic N) is 2. The van der Waals surface area contributed by atoms with Crippen LogP contribution in [0.15, 0.2) is 18.2 Å². The van der Waals surface area contributed by atoms with Gasteiger partial charge in [-0.2, -0.15) is 5.26 Å². The van der Waals surface area contributed by atoms with Crippen LogP contribution < -0.4 is 4.74 Å². The molecule has 1 unspecified atom stereocenters. The summed E-state index contributed by atoms with van der Waals surface area (Å²) < 4.78 is 24.2. The first-order chi connectivity index (χ1) is 9.61. The minimum Gasteiger partial charge on any atom is -0.478 e. The SMILES string of the molecule is CC(Oc1ccc(C#N)cc1F)C(=O)N1CCOCC1. The summed E-state index contributed by atoms with van der Waals surface area (Å²) in [6.45, 7) is 3.62. The molecule has 1 fully saturated rings. The van der Waals surface area contributed by atoms with Gasteiger partial charge in [0, 0.05) is 13.1 Å². The first-order valence-electron chi connectivity index (χ1n) is 6.34. The van der Waals surface area contributed by atoms with Crippen LogP contribution in [0.1, 0.15) is 12.5 Å². The quantitative estimate of drug-likeness (QED) is 0.836. The van der Waals surface area contributed by atoms with Crippen LogP contribution in [0, 0.1) is 17.1 Å². The summed E-state index contributed by atoms with van der Waals surface area (Å²) in [5, 5.41) is 8.66. The van der Waals surface area contributed by atoms with Crippen molar-refractivity contribution < 1.29 is 18.7 Å². The molecule has 106 valence electrons. The van der Waals surface area contributed by atoms with Crippen molar-refractivity contribution in [1.29, 1.82) is 5.26 Å². The molecular formula is C14H15FN2O3. The molecule has 1 saturated heterocycles. The summed E-state index contributed by atoms with van der Waals surface area (Å²) in [4.78, 5) is 13.7. The normalized spacial score (nSPS) is 16.4. The first kappa shape index (κ1) is 14.3. The van der Waals surface area contributed by atoms with E-state index in [1.54, 1.807) is 11.8 Å². The van der Waals surface area contributed by atoms with Crippen molar-refractivity contribution >= 4 is 5.91 Å². The van der Waals surface area contributed by atoms with E-state index in [-0.39, 0.29) is 17.2 Å². The molecule has 1 heterocycles. The summed E-state index contributed by atoms with van der Waals surface area (Å²) in [6.07, 6.45) is -0.782. The largest absolute Gasteiger partial charge is 0.478 e. The molecule has 0 aromatic heterocycles. The van der Waals surface area contributed by atoms with Crippen molar-refractivity contribution in [3.63, 3.8) is 0 Å². The van der Waals surface area contributed by atoms with Gasteiger partial charge in [-0.1, -0.05) is 0 Å². The van der Waals surface area contributed by atoms with Crippen molar-refractivity contribution in [1.82, 2.24) is 4.90 Å². The number of amides is 1. The number of morpholine rings is 1. The Morgan fingerprint density at radius 2 is 2.20 bits per heavy atom. The van der Waals surface area contributed by atoms with E-state index in [1.807, 2.05) is 6.07 Å². The second-order valence-electron chi connectivity index (χ2n) is 4.45. The highest BCUT2D eigenvalue weighted by molar-refractivity contribution is 5.81. The maximum atomic E-state index is 13.7. The van der Waals surface area contributed by atoms with Gasteiger partial charge in [-0.3, -0.25) is 4.79 Å². The fourth-order valence-electron chi connectivity index (χ4n) is 1.95. The van der Waals surface area contributed by atoms with E-state index >= 15 is 0 Å². The second-order valence-corrected chi connectivity index (χ2v) is 4.45. The third-order valence-electron chi connectivity index (χ3n) is 3.04. The van der Waals surface area contributed by atoms with E-state index < -0.39 is 11.9 Å². The summed E-state index contributed by atoms with van der Waals surface area (Å²) >= 11 is 0. The molecule has 1 aliphatic heterocycles. The minimum atomic E-state index is -0.782.